The van der Waals surface area contributed by atoms with Crippen LogP contribution in [0.5, 0.6) is 0 Å². The molecule has 0 aliphatic rings. The van der Waals surface area contributed by atoms with E-state index in [-0.39, 0.29) is 23.3 Å². The van der Waals surface area contributed by atoms with Gasteiger partial charge in [0, 0.05) is 10.1 Å². The molecule has 3 nitrogen and oxygen atoms in total. The zero-order valence-corrected chi connectivity index (χ0v) is 12.0. The van der Waals surface area contributed by atoms with Crippen LogP contribution in [0, 0.1) is 0 Å². The number of thioether (sulfide) groups is 1. The molecule has 0 bridgehead atoms. The SMILES string of the molecule is C[C@H](NC(=O)CS[C@@H](C)[C@H](C)O)c1cccs1. The second-order valence-corrected chi connectivity index (χ2v) is 6.41. The average Bonchev–Trinajstić information content (AvgIpc) is 2.78. The first-order valence-electron chi connectivity index (χ1n) is 5.63. The molecule has 5 heteroatoms. The van der Waals surface area contributed by atoms with Crippen molar-refractivity contribution in [3.8, 4) is 0 Å². The summed E-state index contributed by atoms with van der Waals surface area (Å²) >= 11 is 3.11. The fraction of sp³-hybridized carbons (Fsp3) is 0.583. The summed E-state index contributed by atoms with van der Waals surface area (Å²) in [6, 6.07) is 4.05. The normalized spacial score (nSPS) is 16.2. The van der Waals surface area contributed by atoms with Gasteiger partial charge in [-0.15, -0.1) is 23.1 Å². The Balaban J connectivity index is 2.30. The quantitative estimate of drug-likeness (QED) is 0.837. The first-order valence-corrected chi connectivity index (χ1v) is 7.56. The topological polar surface area (TPSA) is 49.3 Å². The van der Waals surface area contributed by atoms with Crippen LogP contribution in [0.1, 0.15) is 31.7 Å². The van der Waals surface area contributed by atoms with Crippen molar-refractivity contribution < 1.29 is 9.90 Å². The monoisotopic (exact) mass is 273 g/mol. The predicted octanol–water partition coefficient (Wildman–Crippen LogP) is 2.43. The van der Waals surface area contributed by atoms with Crippen LogP contribution in [0.15, 0.2) is 17.5 Å². The van der Waals surface area contributed by atoms with Crippen molar-refractivity contribution >= 4 is 29.0 Å². The minimum atomic E-state index is -0.387. The maximum atomic E-state index is 11.7. The lowest BCUT2D eigenvalue weighted by Gasteiger charge is -2.15. The molecule has 0 radical (unpaired) electrons. The fourth-order valence-electron chi connectivity index (χ4n) is 1.24. The van der Waals surface area contributed by atoms with E-state index < -0.39 is 0 Å². The lowest BCUT2D eigenvalue weighted by Crippen LogP contribution is -2.29. The van der Waals surface area contributed by atoms with Gasteiger partial charge in [-0.2, -0.15) is 0 Å². The van der Waals surface area contributed by atoms with Crippen LogP contribution in [0.3, 0.4) is 0 Å². The summed E-state index contributed by atoms with van der Waals surface area (Å²) in [4.78, 5) is 12.8. The van der Waals surface area contributed by atoms with E-state index >= 15 is 0 Å². The van der Waals surface area contributed by atoms with Crippen LogP contribution in [0.25, 0.3) is 0 Å². The number of hydrogen-bond acceptors (Lipinski definition) is 4. The fourth-order valence-corrected chi connectivity index (χ4v) is 2.75. The zero-order chi connectivity index (χ0) is 12.8. The first-order chi connectivity index (χ1) is 8.00. The zero-order valence-electron chi connectivity index (χ0n) is 10.3. The minimum Gasteiger partial charge on any atom is -0.392 e. The van der Waals surface area contributed by atoms with Crippen molar-refractivity contribution in [1.29, 1.82) is 0 Å². The Morgan fingerprint density at radius 3 is 2.76 bits per heavy atom. The molecular formula is C12H19NO2S2. The Hall–Kier alpha value is -0.520. The first kappa shape index (κ1) is 14.5. The number of aliphatic hydroxyl groups excluding tert-OH is 1. The van der Waals surface area contributed by atoms with Gasteiger partial charge in [0.05, 0.1) is 17.9 Å². The molecule has 0 aliphatic heterocycles. The number of aliphatic hydroxyl groups is 1. The predicted molar refractivity (Wildman–Crippen MR) is 74.5 cm³/mol. The number of hydrogen-bond donors (Lipinski definition) is 2. The molecule has 0 saturated carbocycles. The Labute approximate surface area is 111 Å². The molecule has 17 heavy (non-hydrogen) atoms. The van der Waals surface area contributed by atoms with Crippen molar-refractivity contribution in [3.63, 3.8) is 0 Å². The van der Waals surface area contributed by atoms with Crippen LogP contribution in [0.2, 0.25) is 0 Å². The molecule has 0 aliphatic carbocycles. The maximum absolute atomic E-state index is 11.7. The third-order valence-corrected chi connectivity index (χ3v) is 4.91. The molecule has 1 aromatic rings. The number of thiophene rings is 1. The van der Waals surface area contributed by atoms with Crippen LogP contribution in [-0.2, 0) is 4.79 Å². The number of carbonyl (C=O) groups excluding carboxylic acids is 1. The van der Waals surface area contributed by atoms with Gasteiger partial charge in [-0.25, -0.2) is 0 Å². The Bertz CT molecular complexity index is 338. The summed E-state index contributed by atoms with van der Waals surface area (Å²) in [6.45, 7) is 5.64. The van der Waals surface area contributed by atoms with Crippen molar-refractivity contribution in [3.05, 3.63) is 22.4 Å². The highest BCUT2D eigenvalue weighted by molar-refractivity contribution is 8.00. The smallest absolute Gasteiger partial charge is 0.230 e. The third-order valence-electron chi connectivity index (χ3n) is 2.50. The van der Waals surface area contributed by atoms with E-state index in [0.29, 0.717) is 5.75 Å². The van der Waals surface area contributed by atoms with Crippen molar-refractivity contribution in [1.82, 2.24) is 5.32 Å². The molecule has 0 fully saturated rings. The number of rotatable bonds is 6. The number of nitrogens with one attached hydrogen (secondary N) is 1. The van der Waals surface area contributed by atoms with Crippen molar-refractivity contribution in [2.24, 2.45) is 0 Å². The third kappa shape index (κ3) is 5.10. The average molecular weight is 273 g/mol. The second-order valence-electron chi connectivity index (χ2n) is 4.06. The Morgan fingerprint density at radius 2 is 2.24 bits per heavy atom. The highest BCUT2D eigenvalue weighted by atomic mass is 32.2. The summed E-state index contributed by atoms with van der Waals surface area (Å²) in [5.74, 6) is 0.408. The van der Waals surface area contributed by atoms with Gasteiger partial charge in [-0.3, -0.25) is 4.79 Å². The molecule has 3 atom stereocenters. The largest absolute Gasteiger partial charge is 0.392 e. The summed E-state index contributed by atoms with van der Waals surface area (Å²) in [6.07, 6.45) is -0.387. The van der Waals surface area contributed by atoms with E-state index in [2.05, 4.69) is 5.32 Å². The number of carbonyl (C=O) groups is 1. The molecule has 0 aromatic carbocycles. The van der Waals surface area contributed by atoms with Crippen LogP contribution in [0.4, 0.5) is 0 Å². The van der Waals surface area contributed by atoms with E-state index in [4.69, 9.17) is 0 Å². The molecule has 0 spiro atoms. The lowest BCUT2D eigenvalue weighted by molar-refractivity contribution is -0.119. The molecule has 1 aromatic heterocycles. The van der Waals surface area contributed by atoms with Gasteiger partial charge in [0.15, 0.2) is 0 Å². The molecule has 2 N–H and O–H groups in total. The number of amides is 1. The standard InChI is InChI=1S/C12H19NO2S2/c1-8(11-5-4-6-16-11)13-12(15)7-17-10(3)9(2)14/h4-6,8-10,14H,7H2,1-3H3,(H,13,15)/t8-,9-,10-/m0/s1. The molecule has 1 heterocycles. The minimum absolute atomic E-state index is 0.0170. The van der Waals surface area contributed by atoms with Gasteiger partial charge < -0.3 is 10.4 Å². The van der Waals surface area contributed by atoms with Gasteiger partial charge in [0.25, 0.3) is 0 Å². The van der Waals surface area contributed by atoms with Crippen LogP contribution >= 0.6 is 23.1 Å². The summed E-state index contributed by atoms with van der Waals surface area (Å²) in [5.41, 5.74) is 0. The molecule has 1 amide bonds. The van der Waals surface area contributed by atoms with Gasteiger partial charge in [-0.05, 0) is 25.3 Å². The molecule has 1 rings (SSSR count). The molecule has 96 valence electrons. The van der Waals surface area contributed by atoms with Gasteiger partial charge in [0.1, 0.15) is 0 Å². The summed E-state index contributed by atoms with van der Waals surface area (Å²) in [5, 5.41) is 14.3. The van der Waals surface area contributed by atoms with E-state index in [1.807, 2.05) is 31.4 Å². The molecule has 0 saturated heterocycles. The van der Waals surface area contributed by atoms with E-state index in [9.17, 15) is 9.90 Å². The lowest BCUT2D eigenvalue weighted by atomic mass is 10.3. The highest BCUT2D eigenvalue weighted by Crippen LogP contribution is 2.19. The Kier molecular flexibility index (Phi) is 6.02. The highest BCUT2D eigenvalue weighted by Gasteiger charge is 2.14. The van der Waals surface area contributed by atoms with Crippen LogP contribution in [-0.4, -0.2) is 28.1 Å². The van der Waals surface area contributed by atoms with Crippen molar-refractivity contribution in [2.75, 3.05) is 5.75 Å². The summed E-state index contributed by atoms with van der Waals surface area (Å²) < 4.78 is 0. The second kappa shape index (κ2) is 7.03. The van der Waals surface area contributed by atoms with Crippen molar-refractivity contribution in [2.45, 2.75) is 38.2 Å². The van der Waals surface area contributed by atoms with Gasteiger partial charge in [-0.1, -0.05) is 13.0 Å². The molecular weight excluding hydrogens is 254 g/mol. The van der Waals surface area contributed by atoms with E-state index in [1.54, 1.807) is 18.3 Å². The molecule has 0 unspecified atom stereocenters. The van der Waals surface area contributed by atoms with E-state index in [1.165, 1.54) is 11.8 Å². The summed E-state index contributed by atoms with van der Waals surface area (Å²) in [7, 11) is 0. The maximum Gasteiger partial charge on any atom is 0.230 e. The van der Waals surface area contributed by atoms with Gasteiger partial charge >= 0.3 is 0 Å². The van der Waals surface area contributed by atoms with E-state index in [0.717, 1.165) is 4.88 Å². The van der Waals surface area contributed by atoms with Crippen LogP contribution < -0.4 is 5.32 Å². The van der Waals surface area contributed by atoms with Gasteiger partial charge in [0.2, 0.25) is 5.91 Å². The Morgan fingerprint density at radius 1 is 1.53 bits per heavy atom.